The number of esters is 1. The summed E-state index contributed by atoms with van der Waals surface area (Å²) < 4.78 is 10.4. The number of ether oxygens (including phenoxy) is 2. The number of nitrogens with zero attached hydrogens (tertiary/aromatic N) is 1. The SMILES string of the molecule is CCOC(=O)C1C=C2CN(C(=O)OC(C)(C)C)CC=C2S1. The molecule has 116 valence electrons. The third kappa shape index (κ3) is 4.03. The summed E-state index contributed by atoms with van der Waals surface area (Å²) in [6.45, 7) is 8.68. The predicted octanol–water partition coefficient (Wildman–Crippen LogP) is 2.73. The monoisotopic (exact) mass is 311 g/mol. The van der Waals surface area contributed by atoms with Crippen molar-refractivity contribution in [1.29, 1.82) is 0 Å². The van der Waals surface area contributed by atoms with E-state index in [4.69, 9.17) is 9.47 Å². The summed E-state index contributed by atoms with van der Waals surface area (Å²) in [6, 6.07) is 0. The second-order valence-electron chi connectivity index (χ2n) is 5.91. The highest BCUT2D eigenvalue weighted by molar-refractivity contribution is 8.05. The number of hydrogen-bond acceptors (Lipinski definition) is 5. The summed E-state index contributed by atoms with van der Waals surface area (Å²) in [6.07, 6.45) is 3.51. The van der Waals surface area contributed by atoms with Gasteiger partial charge in [0.05, 0.1) is 13.2 Å². The fourth-order valence-electron chi connectivity index (χ4n) is 2.09. The molecule has 0 bridgehead atoms. The van der Waals surface area contributed by atoms with Crippen LogP contribution in [0, 0.1) is 0 Å². The molecule has 21 heavy (non-hydrogen) atoms. The largest absolute Gasteiger partial charge is 0.465 e. The van der Waals surface area contributed by atoms with Crippen LogP contribution in [-0.4, -0.2) is 47.5 Å². The highest BCUT2D eigenvalue weighted by Crippen LogP contribution is 2.39. The lowest BCUT2D eigenvalue weighted by atomic mass is 10.1. The van der Waals surface area contributed by atoms with Crippen LogP contribution in [0.2, 0.25) is 0 Å². The Labute approximate surface area is 129 Å². The zero-order chi connectivity index (χ0) is 15.6. The number of rotatable bonds is 2. The molecule has 0 N–H and O–H groups in total. The molecule has 0 saturated carbocycles. The summed E-state index contributed by atoms with van der Waals surface area (Å²) in [5, 5.41) is -0.301. The number of carbonyl (C=O) groups excluding carboxylic acids is 2. The number of fused-ring (bicyclic) bond motifs is 1. The summed E-state index contributed by atoms with van der Waals surface area (Å²) in [5.74, 6) is -0.228. The molecule has 2 aliphatic rings. The molecular weight excluding hydrogens is 290 g/mol. The number of carbonyl (C=O) groups is 2. The quantitative estimate of drug-likeness (QED) is 0.734. The molecule has 6 heteroatoms. The van der Waals surface area contributed by atoms with Crippen molar-refractivity contribution in [3.8, 4) is 0 Å². The van der Waals surface area contributed by atoms with E-state index in [9.17, 15) is 9.59 Å². The van der Waals surface area contributed by atoms with Crippen molar-refractivity contribution in [2.45, 2.75) is 38.5 Å². The summed E-state index contributed by atoms with van der Waals surface area (Å²) >= 11 is 1.48. The Morgan fingerprint density at radius 1 is 1.43 bits per heavy atom. The number of thioether (sulfide) groups is 1. The maximum absolute atomic E-state index is 12.1. The van der Waals surface area contributed by atoms with Crippen LogP contribution in [0.25, 0.3) is 0 Å². The van der Waals surface area contributed by atoms with Crippen LogP contribution < -0.4 is 0 Å². The van der Waals surface area contributed by atoms with Crippen molar-refractivity contribution < 1.29 is 19.1 Å². The fourth-order valence-corrected chi connectivity index (χ4v) is 3.22. The van der Waals surface area contributed by atoms with Crippen LogP contribution in [0.15, 0.2) is 22.6 Å². The average Bonchev–Trinajstić information content (AvgIpc) is 2.79. The summed E-state index contributed by atoms with van der Waals surface area (Å²) in [4.78, 5) is 26.5. The molecule has 1 amide bonds. The van der Waals surface area contributed by atoms with Gasteiger partial charge in [0, 0.05) is 11.4 Å². The standard InChI is InChI=1S/C15H21NO4S/c1-5-19-13(17)12-8-10-9-16(7-6-11(10)21-12)14(18)20-15(2,3)4/h6,8,12H,5,7,9H2,1-4H3. The molecule has 1 unspecified atom stereocenters. The van der Waals surface area contributed by atoms with Gasteiger partial charge in [-0.2, -0.15) is 0 Å². The lowest BCUT2D eigenvalue weighted by molar-refractivity contribution is -0.141. The molecule has 5 nitrogen and oxygen atoms in total. The second kappa shape index (κ2) is 6.13. The van der Waals surface area contributed by atoms with E-state index < -0.39 is 5.60 Å². The van der Waals surface area contributed by atoms with Gasteiger partial charge >= 0.3 is 12.1 Å². The van der Waals surface area contributed by atoms with E-state index in [1.54, 1.807) is 11.8 Å². The first-order chi connectivity index (χ1) is 9.80. The van der Waals surface area contributed by atoms with E-state index in [0.29, 0.717) is 19.7 Å². The Kier molecular flexibility index (Phi) is 4.66. The molecule has 0 aromatic carbocycles. The van der Waals surface area contributed by atoms with E-state index in [-0.39, 0.29) is 17.3 Å². The van der Waals surface area contributed by atoms with Crippen LogP contribution in [0.1, 0.15) is 27.7 Å². The van der Waals surface area contributed by atoms with Gasteiger partial charge in [-0.15, -0.1) is 11.8 Å². The zero-order valence-corrected chi connectivity index (χ0v) is 13.7. The van der Waals surface area contributed by atoms with Crippen LogP contribution in [-0.2, 0) is 14.3 Å². The Morgan fingerprint density at radius 3 is 2.76 bits per heavy atom. The molecule has 0 saturated heterocycles. The predicted molar refractivity (Wildman–Crippen MR) is 82.0 cm³/mol. The first-order valence-electron chi connectivity index (χ1n) is 7.02. The Hall–Kier alpha value is -1.43. The van der Waals surface area contributed by atoms with Gasteiger partial charge in [-0.3, -0.25) is 4.79 Å². The lowest BCUT2D eigenvalue weighted by Gasteiger charge is -2.29. The molecule has 0 aliphatic carbocycles. The zero-order valence-electron chi connectivity index (χ0n) is 12.8. The van der Waals surface area contributed by atoms with Crippen molar-refractivity contribution in [3.05, 3.63) is 22.6 Å². The molecule has 2 heterocycles. The maximum Gasteiger partial charge on any atom is 0.410 e. The van der Waals surface area contributed by atoms with E-state index in [1.165, 1.54) is 11.8 Å². The number of amides is 1. The van der Waals surface area contributed by atoms with Crippen LogP contribution in [0.4, 0.5) is 4.79 Å². The van der Waals surface area contributed by atoms with Gasteiger partial charge in [-0.05, 0) is 33.3 Å². The van der Waals surface area contributed by atoms with Gasteiger partial charge in [-0.1, -0.05) is 12.2 Å². The minimum Gasteiger partial charge on any atom is -0.465 e. The molecule has 0 aromatic rings. The van der Waals surface area contributed by atoms with E-state index in [2.05, 4.69) is 0 Å². The Morgan fingerprint density at radius 2 is 2.14 bits per heavy atom. The van der Waals surface area contributed by atoms with Crippen molar-refractivity contribution in [1.82, 2.24) is 4.90 Å². The maximum atomic E-state index is 12.1. The minimum atomic E-state index is -0.507. The van der Waals surface area contributed by atoms with Gasteiger partial charge in [0.25, 0.3) is 0 Å². The topological polar surface area (TPSA) is 55.8 Å². The van der Waals surface area contributed by atoms with Crippen molar-refractivity contribution in [2.75, 3.05) is 19.7 Å². The minimum absolute atomic E-state index is 0.228. The first kappa shape index (κ1) is 15.9. The van der Waals surface area contributed by atoms with Crippen LogP contribution in [0.5, 0.6) is 0 Å². The first-order valence-corrected chi connectivity index (χ1v) is 7.90. The Bertz CT molecular complexity index is 504. The van der Waals surface area contributed by atoms with E-state index >= 15 is 0 Å². The molecule has 0 spiro atoms. The summed E-state index contributed by atoms with van der Waals surface area (Å²) in [5.41, 5.74) is 0.489. The molecule has 2 rings (SSSR count). The smallest absolute Gasteiger partial charge is 0.410 e. The van der Waals surface area contributed by atoms with E-state index in [0.717, 1.165) is 10.5 Å². The van der Waals surface area contributed by atoms with Gasteiger partial charge in [0.15, 0.2) is 0 Å². The molecular formula is C15H21NO4S. The molecule has 0 aromatic heterocycles. The third-order valence-electron chi connectivity index (χ3n) is 2.95. The highest BCUT2D eigenvalue weighted by atomic mass is 32.2. The summed E-state index contributed by atoms with van der Waals surface area (Å²) in [7, 11) is 0. The normalized spacial score (nSPS) is 21.3. The van der Waals surface area contributed by atoms with Gasteiger partial charge < -0.3 is 14.4 Å². The second-order valence-corrected chi connectivity index (χ2v) is 7.10. The van der Waals surface area contributed by atoms with Crippen molar-refractivity contribution >= 4 is 23.8 Å². The van der Waals surface area contributed by atoms with E-state index in [1.807, 2.05) is 32.9 Å². The van der Waals surface area contributed by atoms with Crippen molar-refractivity contribution in [3.63, 3.8) is 0 Å². The van der Waals surface area contributed by atoms with Crippen LogP contribution in [0.3, 0.4) is 0 Å². The lowest BCUT2D eigenvalue weighted by Crippen LogP contribution is -2.39. The molecule has 1 atom stereocenters. The highest BCUT2D eigenvalue weighted by Gasteiger charge is 2.33. The van der Waals surface area contributed by atoms with Gasteiger partial charge in [0.2, 0.25) is 0 Å². The number of hydrogen-bond donors (Lipinski definition) is 0. The van der Waals surface area contributed by atoms with Crippen molar-refractivity contribution in [2.24, 2.45) is 0 Å². The third-order valence-corrected chi connectivity index (χ3v) is 4.22. The van der Waals surface area contributed by atoms with Gasteiger partial charge in [-0.25, -0.2) is 4.79 Å². The molecule has 0 radical (unpaired) electrons. The fraction of sp³-hybridized carbons (Fsp3) is 0.600. The van der Waals surface area contributed by atoms with Crippen LogP contribution >= 0.6 is 11.8 Å². The van der Waals surface area contributed by atoms with Gasteiger partial charge in [0.1, 0.15) is 10.9 Å². The average molecular weight is 311 g/mol. The Balaban J connectivity index is 2.02. The molecule has 2 aliphatic heterocycles. The molecule has 0 fully saturated rings.